The molecule has 0 saturated heterocycles. The van der Waals surface area contributed by atoms with E-state index in [1.807, 2.05) is 6.08 Å². The van der Waals surface area contributed by atoms with Crippen molar-refractivity contribution in [1.29, 1.82) is 0 Å². The number of rotatable bonds is 6. The maximum absolute atomic E-state index is 12.5. The Hall–Kier alpha value is -2.09. The number of furan rings is 1. The number of halogens is 1. The van der Waals surface area contributed by atoms with Gasteiger partial charge in [-0.15, -0.1) is 12.4 Å². The zero-order valence-electron chi connectivity index (χ0n) is 14.1. The topological polar surface area (TPSA) is 88.4 Å². The Balaban J connectivity index is 0.00000243. The Morgan fingerprint density at radius 3 is 2.65 bits per heavy atom. The van der Waals surface area contributed by atoms with Crippen LogP contribution in [0.2, 0.25) is 0 Å². The molecule has 1 aromatic carbocycles. The lowest BCUT2D eigenvalue weighted by Gasteiger charge is -2.14. The molecule has 1 aliphatic heterocycles. The van der Waals surface area contributed by atoms with Crippen LogP contribution in [0, 0.1) is 0 Å². The Labute approximate surface area is 159 Å². The first-order chi connectivity index (χ1) is 12.1. The van der Waals surface area contributed by atoms with Crippen LogP contribution in [-0.4, -0.2) is 34.0 Å². The summed E-state index contributed by atoms with van der Waals surface area (Å²) in [4.78, 5) is 12.6. The molecule has 2 heterocycles. The molecule has 0 aliphatic carbocycles. The molecule has 1 aromatic heterocycles. The van der Waals surface area contributed by atoms with Crippen LogP contribution in [0.5, 0.6) is 0 Å². The van der Waals surface area contributed by atoms with E-state index in [-0.39, 0.29) is 28.8 Å². The molecule has 6 nitrogen and oxygen atoms in total. The second-order valence-corrected chi connectivity index (χ2v) is 7.84. The van der Waals surface area contributed by atoms with Crippen LogP contribution in [0.25, 0.3) is 0 Å². The summed E-state index contributed by atoms with van der Waals surface area (Å²) in [6.07, 6.45) is 4.27. The minimum absolute atomic E-state index is 0. The molecule has 1 aliphatic rings. The van der Waals surface area contributed by atoms with Crippen molar-refractivity contribution in [2.75, 3.05) is 19.6 Å². The molecular weight excluding hydrogens is 376 g/mol. The van der Waals surface area contributed by atoms with Gasteiger partial charge in [-0.3, -0.25) is 4.79 Å². The largest absolute Gasteiger partial charge is 0.459 e. The summed E-state index contributed by atoms with van der Waals surface area (Å²) < 4.78 is 30.2. The van der Waals surface area contributed by atoms with E-state index in [1.165, 1.54) is 12.3 Å². The lowest BCUT2D eigenvalue weighted by atomic mass is 10.1. The average molecular weight is 397 g/mol. The number of carbonyl (C=O) groups excluding carboxylic acids is 1. The van der Waals surface area contributed by atoms with Crippen molar-refractivity contribution in [3.8, 4) is 0 Å². The van der Waals surface area contributed by atoms with E-state index in [0.717, 1.165) is 25.1 Å². The number of sulfone groups is 1. The highest BCUT2D eigenvalue weighted by molar-refractivity contribution is 7.90. The summed E-state index contributed by atoms with van der Waals surface area (Å²) in [5, 5.41) is 6.00. The van der Waals surface area contributed by atoms with Crippen molar-refractivity contribution < 1.29 is 17.6 Å². The van der Waals surface area contributed by atoms with E-state index in [1.54, 1.807) is 30.3 Å². The SMILES string of the molecule is Cl.O=C(NCC1=CCNCC1)c1occc1CS(=O)(=O)c1ccccc1. The maximum atomic E-state index is 12.5. The van der Waals surface area contributed by atoms with Gasteiger partial charge in [-0.05, 0) is 31.2 Å². The first-order valence-corrected chi connectivity index (χ1v) is 9.72. The number of hydrogen-bond donors (Lipinski definition) is 2. The first kappa shape index (κ1) is 20.2. The van der Waals surface area contributed by atoms with Crippen LogP contribution in [0.4, 0.5) is 0 Å². The fourth-order valence-corrected chi connectivity index (χ4v) is 4.04. The molecule has 26 heavy (non-hydrogen) atoms. The molecule has 0 atom stereocenters. The minimum atomic E-state index is -3.53. The van der Waals surface area contributed by atoms with Crippen LogP contribution in [0.15, 0.2) is 63.6 Å². The molecular formula is C18H21ClN2O4S. The Bertz CT molecular complexity index is 876. The van der Waals surface area contributed by atoms with Crippen LogP contribution in [-0.2, 0) is 15.6 Å². The zero-order chi connectivity index (χ0) is 17.7. The van der Waals surface area contributed by atoms with E-state index < -0.39 is 15.7 Å². The molecule has 0 fully saturated rings. The van der Waals surface area contributed by atoms with Gasteiger partial charge in [0.05, 0.1) is 16.9 Å². The zero-order valence-corrected chi connectivity index (χ0v) is 15.7. The Morgan fingerprint density at radius 1 is 1.19 bits per heavy atom. The van der Waals surface area contributed by atoms with Crippen molar-refractivity contribution in [3.05, 3.63) is 65.6 Å². The lowest BCUT2D eigenvalue weighted by Crippen LogP contribution is -2.30. The van der Waals surface area contributed by atoms with Gasteiger partial charge >= 0.3 is 0 Å². The van der Waals surface area contributed by atoms with Gasteiger partial charge in [-0.25, -0.2) is 8.42 Å². The van der Waals surface area contributed by atoms with Gasteiger partial charge in [-0.2, -0.15) is 0 Å². The highest BCUT2D eigenvalue weighted by Gasteiger charge is 2.22. The van der Waals surface area contributed by atoms with Gasteiger partial charge in [0.1, 0.15) is 0 Å². The number of carbonyl (C=O) groups is 1. The summed E-state index contributed by atoms with van der Waals surface area (Å²) >= 11 is 0. The second kappa shape index (κ2) is 9.02. The molecule has 2 N–H and O–H groups in total. The highest BCUT2D eigenvalue weighted by Crippen LogP contribution is 2.20. The summed E-state index contributed by atoms with van der Waals surface area (Å²) in [7, 11) is -3.53. The summed E-state index contributed by atoms with van der Waals surface area (Å²) in [6, 6.07) is 9.70. The van der Waals surface area contributed by atoms with Crippen molar-refractivity contribution in [1.82, 2.24) is 10.6 Å². The standard InChI is InChI=1S/C18H20N2O4S.ClH/c21-18(20-12-14-6-9-19-10-7-14)17-15(8-11-24-17)13-25(22,23)16-4-2-1-3-5-16;/h1-6,8,11,19H,7,9-10,12-13H2,(H,20,21);1H. The third-order valence-corrected chi connectivity index (χ3v) is 5.72. The Morgan fingerprint density at radius 2 is 1.96 bits per heavy atom. The Kier molecular flexibility index (Phi) is 7.02. The van der Waals surface area contributed by atoms with Gasteiger partial charge in [0.15, 0.2) is 15.6 Å². The molecule has 140 valence electrons. The fourth-order valence-electron chi connectivity index (χ4n) is 2.67. The number of amides is 1. The first-order valence-electron chi connectivity index (χ1n) is 8.07. The molecule has 0 spiro atoms. The van der Waals surface area contributed by atoms with Crippen molar-refractivity contribution in [3.63, 3.8) is 0 Å². The fraction of sp³-hybridized carbons (Fsp3) is 0.278. The van der Waals surface area contributed by atoms with Crippen LogP contribution in [0.1, 0.15) is 22.5 Å². The smallest absolute Gasteiger partial charge is 0.287 e. The molecule has 0 unspecified atom stereocenters. The number of nitrogens with one attached hydrogen (secondary N) is 2. The maximum Gasteiger partial charge on any atom is 0.287 e. The van der Waals surface area contributed by atoms with Gasteiger partial charge in [0.25, 0.3) is 5.91 Å². The predicted octanol–water partition coefficient (Wildman–Crippen LogP) is 2.32. The lowest BCUT2D eigenvalue weighted by molar-refractivity contribution is 0.0928. The molecule has 0 radical (unpaired) electrons. The molecule has 8 heteroatoms. The molecule has 3 rings (SSSR count). The third kappa shape index (κ3) is 4.97. The monoisotopic (exact) mass is 396 g/mol. The molecule has 0 bridgehead atoms. The normalized spacial score (nSPS) is 14.2. The average Bonchev–Trinajstić information content (AvgIpc) is 3.09. The predicted molar refractivity (Wildman–Crippen MR) is 101 cm³/mol. The van der Waals surface area contributed by atoms with Crippen LogP contribution in [0.3, 0.4) is 0 Å². The highest BCUT2D eigenvalue weighted by atomic mass is 35.5. The van der Waals surface area contributed by atoms with E-state index >= 15 is 0 Å². The van der Waals surface area contributed by atoms with E-state index in [9.17, 15) is 13.2 Å². The minimum Gasteiger partial charge on any atom is -0.459 e. The molecule has 2 aromatic rings. The molecule has 0 saturated carbocycles. The summed E-state index contributed by atoms with van der Waals surface area (Å²) in [5.74, 6) is -0.625. The van der Waals surface area contributed by atoms with Crippen molar-refractivity contribution >= 4 is 28.2 Å². The second-order valence-electron chi connectivity index (χ2n) is 5.85. The van der Waals surface area contributed by atoms with Crippen molar-refractivity contribution in [2.45, 2.75) is 17.1 Å². The van der Waals surface area contributed by atoms with Crippen LogP contribution < -0.4 is 10.6 Å². The van der Waals surface area contributed by atoms with Crippen LogP contribution >= 0.6 is 12.4 Å². The van der Waals surface area contributed by atoms with Gasteiger partial charge < -0.3 is 15.1 Å². The summed E-state index contributed by atoms with van der Waals surface area (Å²) in [5.41, 5.74) is 1.51. The number of hydrogen-bond acceptors (Lipinski definition) is 5. The van der Waals surface area contributed by atoms with E-state index in [0.29, 0.717) is 12.1 Å². The summed E-state index contributed by atoms with van der Waals surface area (Å²) in [6.45, 7) is 2.13. The molecule has 1 amide bonds. The van der Waals surface area contributed by atoms with Gasteiger partial charge in [-0.1, -0.05) is 29.8 Å². The van der Waals surface area contributed by atoms with Crippen molar-refractivity contribution in [2.24, 2.45) is 0 Å². The van der Waals surface area contributed by atoms with Gasteiger partial charge in [0, 0.05) is 18.7 Å². The van der Waals surface area contributed by atoms with E-state index in [2.05, 4.69) is 10.6 Å². The quantitative estimate of drug-likeness (QED) is 0.731. The van der Waals surface area contributed by atoms with E-state index in [4.69, 9.17) is 4.42 Å². The third-order valence-electron chi connectivity index (χ3n) is 4.03. The van der Waals surface area contributed by atoms with Gasteiger partial charge in [0.2, 0.25) is 0 Å². The number of benzene rings is 1.